The Morgan fingerprint density at radius 1 is 1.26 bits per heavy atom. The van der Waals surface area contributed by atoms with Crippen LogP contribution in [0.1, 0.15) is 26.2 Å². The Morgan fingerprint density at radius 3 is 2.63 bits per heavy atom. The normalized spacial score (nSPS) is 9.53. The molecule has 102 valence electrons. The van der Waals surface area contributed by atoms with Gasteiger partial charge in [-0.05, 0) is 31.9 Å². The zero-order chi connectivity index (χ0) is 13.9. The maximum Gasteiger partial charge on any atom is 0.416 e. The van der Waals surface area contributed by atoms with Gasteiger partial charge in [0.25, 0.3) is 0 Å². The lowest BCUT2D eigenvalue weighted by Gasteiger charge is -2.04. The van der Waals surface area contributed by atoms with E-state index in [2.05, 4.69) is 4.79 Å². The zero-order valence-electron chi connectivity index (χ0n) is 11.0. The summed E-state index contributed by atoms with van der Waals surface area (Å²) < 4.78 is 10.3. The number of unbranched alkanes of at least 4 members (excludes halogenated alkanes) is 1. The second kappa shape index (κ2) is 8.89. The predicted molar refractivity (Wildman–Crippen MR) is 71.0 cm³/mol. The highest BCUT2D eigenvalue weighted by Gasteiger charge is 2.20. The van der Waals surface area contributed by atoms with Crippen molar-refractivity contribution in [1.82, 2.24) is 0 Å². The summed E-state index contributed by atoms with van der Waals surface area (Å²) in [7, 11) is 0. The van der Waals surface area contributed by atoms with Crippen LogP contribution in [0.4, 0.5) is 0 Å². The number of esters is 1. The van der Waals surface area contributed by atoms with E-state index in [1.807, 2.05) is 30.3 Å². The summed E-state index contributed by atoms with van der Waals surface area (Å²) in [5.41, 5.74) is 8.77. The van der Waals surface area contributed by atoms with E-state index in [1.54, 1.807) is 6.92 Å². The quantitative estimate of drug-likeness (QED) is 0.237. The highest BCUT2D eigenvalue weighted by Crippen LogP contribution is 2.09. The minimum Gasteiger partial charge on any atom is -0.494 e. The van der Waals surface area contributed by atoms with Gasteiger partial charge in [-0.1, -0.05) is 18.2 Å². The van der Waals surface area contributed by atoms with Crippen molar-refractivity contribution in [3.63, 3.8) is 0 Å². The van der Waals surface area contributed by atoms with Gasteiger partial charge in [-0.2, -0.15) is 4.79 Å². The van der Waals surface area contributed by atoms with Crippen LogP contribution in [0.15, 0.2) is 30.3 Å². The Kier molecular flexibility index (Phi) is 6.98. The molecular weight excluding hydrogens is 244 g/mol. The number of benzene rings is 1. The Labute approximate surface area is 112 Å². The molecule has 1 rings (SSSR count). The van der Waals surface area contributed by atoms with Gasteiger partial charge in [-0.3, -0.25) is 0 Å². The zero-order valence-corrected chi connectivity index (χ0v) is 11.0. The van der Waals surface area contributed by atoms with Gasteiger partial charge in [0.2, 0.25) is 0 Å². The summed E-state index contributed by atoms with van der Waals surface area (Å²) in [6, 6.07) is 9.52. The molecule has 0 saturated heterocycles. The molecule has 0 saturated carbocycles. The first-order chi connectivity index (χ1) is 9.27. The first kappa shape index (κ1) is 14.9. The third kappa shape index (κ3) is 5.84. The van der Waals surface area contributed by atoms with Crippen LogP contribution < -0.4 is 4.74 Å². The molecule has 19 heavy (non-hydrogen) atoms. The molecule has 0 aromatic heterocycles. The second-order valence-electron chi connectivity index (χ2n) is 3.89. The standard InChI is InChI=1S/C14H18N2O3/c1-2-18-14(17)13(16-15)10-6-7-11-19-12-8-4-3-5-9-12/h3-5,8-9H,2,6-7,10-11H2,1H3. The molecule has 0 atom stereocenters. The molecule has 0 heterocycles. The highest BCUT2D eigenvalue weighted by molar-refractivity contribution is 6.33. The maximum absolute atomic E-state index is 11.3. The van der Waals surface area contributed by atoms with Crippen molar-refractivity contribution in [2.45, 2.75) is 26.2 Å². The lowest BCUT2D eigenvalue weighted by atomic mass is 10.2. The lowest BCUT2D eigenvalue weighted by molar-refractivity contribution is -0.140. The summed E-state index contributed by atoms with van der Waals surface area (Å²) in [4.78, 5) is 14.3. The van der Waals surface area contributed by atoms with Crippen LogP contribution in [0.5, 0.6) is 5.75 Å². The number of carbonyl (C=O) groups excluding carboxylic acids is 1. The third-order valence-electron chi connectivity index (χ3n) is 2.45. The summed E-state index contributed by atoms with van der Waals surface area (Å²) >= 11 is 0. The van der Waals surface area contributed by atoms with Crippen molar-refractivity contribution < 1.29 is 19.1 Å². The minimum absolute atomic E-state index is 0.0570. The van der Waals surface area contributed by atoms with Crippen LogP contribution in [-0.2, 0) is 9.53 Å². The Balaban J connectivity index is 2.20. The molecule has 0 aliphatic carbocycles. The van der Waals surface area contributed by atoms with Crippen LogP contribution >= 0.6 is 0 Å². The van der Waals surface area contributed by atoms with E-state index >= 15 is 0 Å². The van der Waals surface area contributed by atoms with Crippen LogP contribution in [0, 0.1) is 0 Å². The van der Waals surface area contributed by atoms with Gasteiger partial charge in [-0.15, -0.1) is 0 Å². The molecule has 1 aromatic carbocycles. The number of hydrogen-bond acceptors (Lipinski definition) is 3. The molecule has 0 bridgehead atoms. The van der Waals surface area contributed by atoms with Gasteiger partial charge in [0.05, 0.1) is 19.6 Å². The number of ether oxygens (including phenoxy) is 2. The highest BCUT2D eigenvalue weighted by atomic mass is 16.5. The van der Waals surface area contributed by atoms with Crippen molar-refractivity contribution >= 4 is 11.7 Å². The van der Waals surface area contributed by atoms with Gasteiger partial charge in [0.15, 0.2) is 0 Å². The van der Waals surface area contributed by atoms with Gasteiger partial charge in [0.1, 0.15) is 5.75 Å². The number of carbonyl (C=O) groups is 1. The predicted octanol–water partition coefficient (Wildman–Crippen LogP) is 2.47. The molecule has 0 fully saturated rings. The monoisotopic (exact) mass is 262 g/mol. The van der Waals surface area contributed by atoms with Gasteiger partial charge < -0.3 is 15.0 Å². The van der Waals surface area contributed by atoms with Gasteiger partial charge in [0, 0.05) is 0 Å². The van der Waals surface area contributed by atoms with Crippen molar-refractivity contribution in [1.29, 1.82) is 0 Å². The van der Waals surface area contributed by atoms with E-state index < -0.39 is 5.97 Å². The largest absolute Gasteiger partial charge is 0.494 e. The third-order valence-corrected chi connectivity index (χ3v) is 2.45. The fraction of sp³-hybridized carbons (Fsp3) is 0.429. The van der Waals surface area contributed by atoms with Crippen molar-refractivity contribution in [3.8, 4) is 5.75 Å². The number of para-hydroxylation sites is 1. The first-order valence-corrected chi connectivity index (χ1v) is 6.33. The Morgan fingerprint density at radius 2 is 2.00 bits per heavy atom. The van der Waals surface area contributed by atoms with Gasteiger partial charge >= 0.3 is 11.7 Å². The molecule has 0 amide bonds. The molecule has 0 unspecified atom stereocenters. The Hall–Kier alpha value is -2.13. The molecule has 0 radical (unpaired) electrons. The van der Waals surface area contributed by atoms with Crippen LogP contribution in [-0.4, -0.2) is 29.7 Å². The van der Waals surface area contributed by atoms with Crippen molar-refractivity contribution in [2.24, 2.45) is 0 Å². The molecule has 0 N–H and O–H groups in total. The van der Waals surface area contributed by atoms with E-state index in [0.717, 1.165) is 12.2 Å². The SMILES string of the molecule is CCOC(=O)C(CCCCOc1ccccc1)=[N+]=[N-]. The van der Waals surface area contributed by atoms with Crippen LogP contribution in [0.2, 0.25) is 0 Å². The molecule has 5 heteroatoms. The van der Waals surface area contributed by atoms with Crippen molar-refractivity contribution in [3.05, 3.63) is 35.9 Å². The fourth-order valence-electron chi connectivity index (χ4n) is 1.51. The van der Waals surface area contributed by atoms with Crippen LogP contribution in [0.3, 0.4) is 0 Å². The summed E-state index contributed by atoms with van der Waals surface area (Å²) in [5, 5.41) is 0. The van der Waals surface area contributed by atoms with E-state index in [1.165, 1.54) is 0 Å². The van der Waals surface area contributed by atoms with E-state index in [9.17, 15) is 4.79 Å². The smallest absolute Gasteiger partial charge is 0.416 e. The maximum atomic E-state index is 11.3. The molecule has 0 spiro atoms. The summed E-state index contributed by atoms with van der Waals surface area (Å²) in [5.74, 6) is 0.262. The average molecular weight is 262 g/mol. The average Bonchev–Trinajstić information content (AvgIpc) is 2.44. The topological polar surface area (TPSA) is 71.9 Å². The molecule has 0 aliphatic rings. The molecular formula is C14H18N2O3. The van der Waals surface area contributed by atoms with E-state index in [4.69, 9.17) is 15.0 Å². The van der Waals surface area contributed by atoms with Crippen molar-refractivity contribution in [2.75, 3.05) is 13.2 Å². The van der Waals surface area contributed by atoms with E-state index in [0.29, 0.717) is 19.4 Å². The number of rotatable bonds is 8. The van der Waals surface area contributed by atoms with E-state index in [-0.39, 0.29) is 12.3 Å². The van der Waals surface area contributed by atoms with Gasteiger partial charge in [-0.25, -0.2) is 4.79 Å². The fourth-order valence-corrected chi connectivity index (χ4v) is 1.51. The number of hydrogen-bond donors (Lipinski definition) is 0. The van der Waals surface area contributed by atoms with Crippen LogP contribution in [0.25, 0.3) is 5.53 Å². The summed E-state index contributed by atoms with van der Waals surface area (Å²) in [6.07, 6.45) is 1.85. The lowest BCUT2D eigenvalue weighted by Crippen LogP contribution is -2.18. The summed E-state index contributed by atoms with van der Waals surface area (Å²) in [6.45, 7) is 2.54. The Bertz CT molecular complexity index is 439. The molecule has 1 aromatic rings. The second-order valence-corrected chi connectivity index (χ2v) is 3.89. The minimum atomic E-state index is -0.561. The number of nitrogens with zero attached hydrogens (tertiary/aromatic N) is 2. The molecule has 5 nitrogen and oxygen atoms in total. The molecule has 0 aliphatic heterocycles. The first-order valence-electron chi connectivity index (χ1n) is 6.33.